The highest BCUT2D eigenvalue weighted by atomic mass is 35.5. The van der Waals surface area contributed by atoms with Gasteiger partial charge in [0, 0.05) is 11.1 Å². The van der Waals surface area contributed by atoms with Crippen LogP contribution in [0.15, 0.2) is 24.3 Å². The van der Waals surface area contributed by atoms with Gasteiger partial charge >= 0.3 is 0 Å². The molecule has 0 spiro atoms. The summed E-state index contributed by atoms with van der Waals surface area (Å²) >= 11 is 5.99. The molecule has 1 aromatic rings. The topological polar surface area (TPSA) is 12.0 Å². The fourth-order valence-electron chi connectivity index (χ4n) is 2.09. The minimum atomic E-state index is 0.444. The van der Waals surface area contributed by atoms with E-state index >= 15 is 0 Å². The van der Waals surface area contributed by atoms with E-state index in [-0.39, 0.29) is 0 Å². The molecule has 1 saturated carbocycles. The second kappa shape index (κ2) is 3.56. The van der Waals surface area contributed by atoms with Gasteiger partial charge in [-0.3, -0.25) is 0 Å². The maximum absolute atomic E-state index is 5.99. The standard InChI is InChI=1S/C12H16ClN/c1-12(6-7-12)11(14-2)9-4-3-5-10(13)8-9/h3-5,8,11,14H,6-7H2,1-2H3. The Bertz CT molecular complexity index is 331. The molecule has 1 fully saturated rings. The van der Waals surface area contributed by atoms with Crippen molar-refractivity contribution in [1.29, 1.82) is 0 Å². The zero-order valence-electron chi connectivity index (χ0n) is 8.68. The fourth-order valence-corrected chi connectivity index (χ4v) is 2.29. The van der Waals surface area contributed by atoms with Crippen molar-refractivity contribution in [3.05, 3.63) is 34.9 Å². The second-order valence-corrected chi connectivity index (χ2v) is 4.87. The average Bonchev–Trinajstić information content (AvgIpc) is 2.85. The summed E-state index contributed by atoms with van der Waals surface area (Å²) in [5, 5.41) is 4.22. The fraction of sp³-hybridized carbons (Fsp3) is 0.500. The summed E-state index contributed by atoms with van der Waals surface area (Å²) < 4.78 is 0. The Morgan fingerprint density at radius 1 is 1.43 bits per heavy atom. The van der Waals surface area contributed by atoms with E-state index in [1.165, 1.54) is 18.4 Å². The Morgan fingerprint density at radius 2 is 2.14 bits per heavy atom. The summed E-state index contributed by atoms with van der Waals surface area (Å²) in [4.78, 5) is 0. The molecule has 0 heterocycles. The Kier molecular flexibility index (Phi) is 2.54. The van der Waals surface area contributed by atoms with E-state index in [1.807, 2.05) is 19.2 Å². The van der Waals surface area contributed by atoms with E-state index in [2.05, 4.69) is 24.4 Å². The van der Waals surface area contributed by atoms with Crippen molar-refractivity contribution in [1.82, 2.24) is 5.32 Å². The molecule has 0 aromatic heterocycles. The van der Waals surface area contributed by atoms with Crippen LogP contribution in [0.2, 0.25) is 5.02 Å². The summed E-state index contributed by atoms with van der Waals surface area (Å²) in [6.45, 7) is 2.33. The molecule has 14 heavy (non-hydrogen) atoms. The zero-order valence-corrected chi connectivity index (χ0v) is 9.43. The largest absolute Gasteiger partial charge is 0.313 e. The summed E-state index contributed by atoms with van der Waals surface area (Å²) in [5.41, 5.74) is 1.75. The Balaban J connectivity index is 2.27. The molecule has 0 saturated heterocycles. The number of rotatable bonds is 3. The Labute approximate surface area is 90.5 Å². The van der Waals surface area contributed by atoms with Gasteiger partial charge in [0.15, 0.2) is 0 Å². The van der Waals surface area contributed by atoms with Crippen LogP contribution < -0.4 is 5.32 Å². The quantitative estimate of drug-likeness (QED) is 0.805. The van der Waals surface area contributed by atoms with Crippen LogP contribution in [0.3, 0.4) is 0 Å². The minimum absolute atomic E-state index is 0.444. The van der Waals surface area contributed by atoms with Gasteiger partial charge in [-0.2, -0.15) is 0 Å². The second-order valence-electron chi connectivity index (χ2n) is 4.43. The lowest BCUT2D eigenvalue weighted by atomic mass is 9.92. The van der Waals surface area contributed by atoms with Gasteiger partial charge in [-0.1, -0.05) is 30.7 Å². The first kappa shape index (κ1) is 10.0. The van der Waals surface area contributed by atoms with Crippen molar-refractivity contribution in [2.75, 3.05) is 7.05 Å². The normalized spacial score (nSPS) is 20.5. The van der Waals surface area contributed by atoms with Crippen LogP contribution in [0.4, 0.5) is 0 Å². The highest BCUT2D eigenvalue weighted by Gasteiger charge is 2.44. The first-order valence-corrected chi connectivity index (χ1v) is 5.46. The van der Waals surface area contributed by atoms with Gasteiger partial charge in [0.25, 0.3) is 0 Å². The Hall–Kier alpha value is -0.530. The summed E-state index contributed by atoms with van der Waals surface area (Å²) in [6, 6.07) is 8.60. The van der Waals surface area contributed by atoms with E-state index < -0.39 is 0 Å². The van der Waals surface area contributed by atoms with Gasteiger partial charge < -0.3 is 5.32 Å². The molecule has 1 atom stereocenters. The van der Waals surface area contributed by atoms with Crippen LogP contribution in [0, 0.1) is 5.41 Å². The van der Waals surface area contributed by atoms with Crippen LogP contribution in [-0.4, -0.2) is 7.05 Å². The monoisotopic (exact) mass is 209 g/mol. The molecule has 2 rings (SSSR count). The van der Waals surface area contributed by atoms with Crippen LogP contribution in [0.25, 0.3) is 0 Å². The summed E-state index contributed by atoms with van der Waals surface area (Å²) in [6.07, 6.45) is 2.62. The smallest absolute Gasteiger partial charge is 0.0409 e. The third-order valence-electron chi connectivity index (χ3n) is 3.21. The van der Waals surface area contributed by atoms with E-state index in [4.69, 9.17) is 11.6 Å². The third kappa shape index (κ3) is 1.79. The first-order valence-electron chi connectivity index (χ1n) is 5.08. The van der Waals surface area contributed by atoms with Crippen molar-refractivity contribution < 1.29 is 0 Å². The third-order valence-corrected chi connectivity index (χ3v) is 3.44. The molecular formula is C12H16ClN. The van der Waals surface area contributed by atoms with Gasteiger partial charge in [-0.15, -0.1) is 0 Å². The minimum Gasteiger partial charge on any atom is -0.313 e. The summed E-state index contributed by atoms with van der Waals surface area (Å²) in [5.74, 6) is 0. The van der Waals surface area contributed by atoms with E-state index in [1.54, 1.807) is 0 Å². The van der Waals surface area contributed by atoms with Crippen molar-refractivity contribution in [2.24, 2.45) is 5.41 Å². The average molecular weight is 210 g/mol. The van der Waals surface area contributed by atoms with E-state index in [9.17, 15) is 0 Å². The van der Waals surface area contributed by atoms with Crippen molar-refractivity contribution in [3.8, 4) is 0 Å². The van der Waals surface area contributed by atoms with Crippen LogP contribution >= 0.6 is 11.6 Å². The molecule has 0 amide bonds. The van der Waals surface area contributed by atoms with Crippen LogP contribution in [-0.2, 0) is 0 Å². The summed E-state index contributed by atoms with van der Waals surface area (Å²) in [7, 11) is 2.02. The van der Waals surface area contributed by atoms with Gasteiger partial charge in [0.2, 0.25) is 0 Å². The molecule has 1 aliphatic carbocycles. The maximum Gasteiger partial charge on any atom is 0.0409 e. The molecular weight excluding hydrogens is 194 g/mol. The number of hydrogen-bond acceptors (Lipinski definition) is 1. The molecule has 1 nitrogen and oxygen atoms in total. The number of benzene rings is 1. The van der Waals surface area contributed by atoms with Gasteiger partial charge in [0.05, 0.1) is 0 Å². The van der Waals surface area contributed by atoms with E-state index in [0.717, 1.165) is 5.02 Å². The Morgan fingerprint density at radius 3 is 2.64 bits per heavy atom. The number of hydrogen-bond donors (Lipinski definition) is 1. The molecule has 1 unspecified atom stereocenters. The van der Waals surface area contributed by atoms with Crippen LogP contribution in [0.1, 0.15) is 31.4 Å². The maximum atomic E-state index is 5.99. The molecule has 2 heteroatoms. The van der Waals surface area contributed by atoms with Crippen molar-refractivity contribution in [2.45, 2.75) is 25.8 Å². The highest BCUT2D eigenvalue weighted by molar-refractivity contribution is 6.30. The molecule has 76 valence electrons. The molecule has 0 bridgehead atoms. The number of nitrogens with one attached hydrogen (secondary N) is 1. The van der Waals surface area contributed by atoms with Crippen LogP contribution in [0.5, 0.6) is 0 Å². The lowest BCUT2D eigenvalue weighted by Crippen LogP contribution is -2.24. The predicted octanol–water partition coefficient (Wildman–Crippen LogP) is 3.40. The lowest BCUT2D eigenvalue weighted by Gasteiger charge is -2.23. The zero-order chi connectivity index (χ0) is 10.2. The molecule has 0 radical (unpaired) electrons. The van der Waals surface area contributed by atoms with E-state index in [0.29, 0.717) is 11.5 Å². The first-order chi connectivity index (χ1) is 6.65. The SMILES string of the molecule is CNC(c1cccc(Cl)c1)C1(C)CC1. The molecule has 1 N–H and O–H groups in total. The highest BCUT2D eigenvalue weighted by Crippen LogP contribution is 2.54. The van der Waals surface area contributed by atoms with Gasteiger partial charge in [-0.05, 0) is 43.0 Å². The van der Waals surface area contributed by atoms with Gasteiger partial charge in [0.1, 0.15) is 0 Å². The van der Waals surface area contributed by atoms with Crippen molar-refractivity contribution >= 4 is 11.6 Å². The number of halogens is 1. The molecule has 1 aromatic carbocycles. The van der Waals surface area contributed by atoms with Gasteiger partial charge in [-0.25, -0.2) is 0 Å². The molecule has 1 aliphatic rings. The lowest BCUT2D eigenvalue weighted by molar-refractivity contribution is 0.390. The predicted molar refractivity (Wildman–Crippen MR) is 60.6 cm³/mol. The van der Waals surface area contributed by atoms with Crippen molar-refractivity contribution in [3.63, 3.8) is 0 Å². The molecule has 0 aliphatic heterocycles.